The molecule has 2 amide bonds. The van der Waals surface area contributed by atoms with Crippen LogP contribution in [0.1, 0.15) is 59.9 Å². The van der Waals surface area contributed by atoms with Gasteiger partial charge in [0.15, 0.2) is 0 Å². The predicted octanol–water partition coefficient (Wildman–Crippen LogP) is 4.20. The third-order valence-corrected chi connectivity index (χ3v) is 3.64. The average Bonchev–Trinajstić information content (AvgIpc) is 2.54. The van der Waals surface area contributed by atoms with Gasteiger partial charge in [-0.05, 0) is 55.7 Å². The van der Waals surface area contributed by atoms with Crippen LogP contribution in [0.4, 0.5) is 5.69 Å². The molecule has 0 aliphatic rings. The molecule has 0 fully saturated rings. The van der Waals surface area contributed by atoms with Crippen molar-refractivity contribution in [3.63, 3.8) is 0 Å². The normalized spacial score (nSPS) is 10.8. The maximum atomic E-state index is 12.4. The first-order chi connectivity index (χ1) is 11.4. The van der Waals surface area contributed by atoms with E-state index < -0.39 is 0 Å². The Morgan fingerprint density at radius 2 is 1.42 bits per heavy atom. The lowest BCUT2D eigenvalue weighted by molar-refractivity contribution is 0.0943. The summed E-state index contributed by atoms with van der Waals surface area (Å²) in [4.78, 5) is 24.4. The minimum atomic E-state index is -0.230. The van der Waals surface area contributed by atoms with E-state index in [0.717, 1.165) is 5.69 Å². The van der Waals surface area contributed by atoms with Crippen molar-refractivity contribution in [2.24, 2.45) is 0 Å². The van der Waals surface area contributed by atoms with E-state index in [2.05, 4.69) is 24.5 Å². The van der Waals surface area contributed by atoms with Gasteiger partial charge in [-0.1, -0.05) is 32.0 Å². The van der Waals surface area contributed by atoms with Gasteiger partial charge in [0.25, 0.3) is 11.8 Å². The van der Waals surface area contributed by atoms with Crippen molar-refractivity contribution in [1.82, 2.24) is 5.32 Å². The second kappa shape index (κ2) is 7.77. The average molecular weight is 324 g/mol. The van der Waals surface area contributed by atoms with Gasteiger partial charge in [0.05, 0.1) is 0 Å². The third kappa shape index (κ3) is 4.69. The van der Waals surface area contributed by atoms with E-state index in [1.165, 1.54) is 5.56 Å². The summed E-state index contributed by atoms with van der Waals surface area (Å²) in [6.07, 6.45) is 0. The van der Waals surface area contributed by atoms with Crippen LogP contribution in [-0.4, -0.2) is 17.9 Å². The number of amides is 2. The smallest absolute Gasteiger partial charge is 0.255 e. The number of hydrogen-bond acceptors (Lipinski definition) is 2. The first-order valence-corrected chi connectivity index (χ1v) is 8.19. The van der Waals surface area contributed by atoms with Gasteiger partial charge >= 0.3 is 0 Å². The predicted molar refractivity (Wildman–Crippen MR) is 97.5 cm³/mol. The molecule has 2 N–H and O–H groups in total. The van der Waals surface area contributed by atoms with E-state index >= 15 is 0 Å². The van der Waals surface area contributed by atoms with Crippen LogP contribution in [0.3, 0.4) is 0 Å². The van der Waals surface area contributed by atoms with E-state index in [9.17, 15) is 9.59 Å². The molecule has 0 saturated carbocycles. The summed E-state index contributed by atoms with van der Waals surface area (Å²) in [5.74, 6) is 0.0401. The Kier molecular flexibility index (Phi) is 5.74. The van der Waals surface area contributed by atoms with Crippen molar-refractivity contribution >= 4 is 17.5 Å². The second-order valence-corrected chi connectivity index (χ2v) is 6.44. The maximum Gasteiger partial charge on any atom is 0.255 e. The van der Waals surface area contributed by atoms with Crippen LogP contribution < -0.4 is 10.6 Å². The third-order valence-electron chi connectivity index (χ3n) is 3.64. The van der Waals surface area contributed by atoms with E-state index in [1.807, 2.05) is 38.1 Å². The molecule has 0 atom stereocenters. The number of rotatable bonds is 5. The Morgan fingerprint density at radius 1 is 0.833 bits per heavy atom. The fraction of sp³-hybridized carbons (Fsp3) is 0.300. The van der Waals surface area contributed by atoms with Crippen LogP contribution >= 0.6 is 0 Å². The van der Waals surface area contributed by atoms with Crippen molar-refractivity contribution in [2.45, 2.75) is 39.7 Å². The summed E-state index contributed by atoms with van der Waals surface area (Å²) in [5.41, 5.74) is 2.90. The lowest BCUT2D eigenvalue weighted by Crippen LogP contribution is -2.30. The second-order valence-electron chi connectivity index (χ2n) is 6.44. The number of nitrogens with one attached hydrogen (secondary N) is 2. The van der Waals surface area contributed by atoms with Gasteiger partial charge in [0.1, 0.15) is 0 Å². The van der Waals surface area contributed by atoms with Crippen LogP contribution in [0.2, 0.25) is 0 Å². The van der Waals surface area contributed by atoms with Gasteiger partial charge in [-0.15, -0.1) is 0 Å². The molecule has 4 heteroatoms. The Balaban J connectivity index is 2.11. The lowest BCUT2D eigenvalue weighted by atomic mass is 10.0. The fourth-order valence-electron chi connectivity index (χ4n) is 2.30. The highest BCUT2D eigenvalue weighted by molar-refractivity contribution is 6.06. The highest BCUT2D eigenvalue weighted by Crippen LogP contribution is 2.18. The first-order valence-electron chi connectivity index (χ1n) is 8.19. The van der Waals surface area contributed by atoms with E-state index in [1.54, 1.807) is 24.3 Å². The fourth-order valence-corrected chi connectivity index (χ4v) is 2.30. The zero-order valence-electron chi connectivity index (χ0n) is 14.6. The molecule has 2 aromatic rings. The van der Waals surface area contributed by atoms with Crippen LogP contribution in [0.25, 0.3) is 0 Å². The zero-order valence-corrected chi connectivity index (χ0v) is 14.6. The number of carbonyl (C=O) groups excluding carboxylic acids is 2. The molecule has 0 aromatic heterocycles. The van der Waals surface area contributed by atoms with Crippen molar-refractivity contribution in [2.75, 3.05) is 5.32 Å². The zero-order chi connectivity index (χ0) is 17.7. The standard InChI is InChI=1S/C20H24N2O2/c1-13(2)15-8-10-18(11-9-15)22-20(24)17-7-5-6-16(12-17)19(23)21-14(3)4/h5-14H,1-4H3,(H,21,23)(H,22,24). The number of anilines is 1. The van der Waals surface area contributed by atoms with Crippen molar-refractivity contribution in [1.29, 1.82) is 0 Å². The van der Waals surface area contributed by atoms with Crippen LogP contribution in [0, 0.1) is 0 Å². The molecule has 126 valence electrons. The molecule has 0 saturated heterocycles. The van der Waals surface area contributed by atoms with Crippen molar-refractivity contribution in [3.05, 3.63) is 65.2 Å². The molecule has 0 heterocycles. The molecular weight excluding hydrogens is 300 g/mol. The van der Waals surface area contributed by atoms with Crippen LogP contribution in [0.5, 0.6) is 0 Å². The molecule has 2 rings (SSSR count). The first kappa shape index (κ1) is 17.7. The SMILES string of the molecule is CC(C)NC(=O)c1cccc(C(=O)Nc2ccc(C(C)C)cc2)c1. The monoisotopic (exact) mass is 324 g/mol. The molecule has 0 bridgehead atoms. The summed E-state index contributed by atoms with van der Waals surface area (Å²) >= 11 is 0. The summed E-state index contributed by atoms with van der Waals surface area (Å²) < 4.78 is 0. The molecule has 4 nitrogen and oxygen atoms in total. The van der Waals surface area contributed by atoms with Gasteiger partial charge in [-0.3, -0.25) is 9.59 Å². The molecule has 0 spiro atoms. The minimum absolute atomic E-state index is 0.0504. The lowest BCUT2D eigenvalue weighted by Gasteiger charge is -2.10. The molecular formula is C20H24N2O2. The quantitative estimate of drug-likeness (QED) is 0.866. The highest BCUT2D eigenvalue weighted by Gasteiger charge is 2.11. The molecule has 0 radical (unpaired) electrons. The highest BCUT2D eigenvalue weighted by atomic mass is 16.2. The number of hydrogen-bond donors (Lipinski definition) is 2. The van der Waals surface area contributed by atoms with Gasteiger partial charge < -0.3 is 10.6 Å². The number of benzene rings is 2. The summed E-state index contributed by atoms with van der Waals surface area (Å²) in [5, 5.41) is 5.68. The number of carbonyl (C=O) groups is 2. The Bertz CT molecular complexity index is 719. The van der Waals surface area contributed by atoms with Crippen LogP contribution in [-0.2, 0) is 0 Å². The molecule has 24 heavy (non-hydrogen) atoms. The Labute approximate surface area is 143 Å². The molecule has 0 aliphatic carbocycles. The molecule has 0 aliphatic heterocycles. The largest absolute Gasteiger partial charge is 0.350 e. The Morgan fingerprint density at radius 3 is 1.96 bits per heavy atom. The van der Waals surface area contributed by atoms with Gasteiger partial charge in [0.2, 0.25) is 0 Å². The maximum absolute atomic E-state index is 12.4. The Hall–Kier alpha value is -2.62. The van der Waals surface area contributed by atoms with Crippen molar-refractivity contribution < 1.29 is 9.59 Å². The topological polar surface area (TPSA) is 58.2 Å². The molecule has 0 unspecified atom stereocenters. The van der Waals surface area contributed by atoms with E-state index in [-0.39, 0.29) is 17.9 Å². The summed E-state index contributed by atoms with van der Waals surface area (Å²) in [6, 6.07) is 14.6. The van der Waals surface area contributed by atoms with Gasteiger partial charge in [0, 0.05) is 22.9 Å². The molecule has 2 aromatic carbocycles. The van der Waals surface area contributed by atoms with Crippen molar-refractivity contribution in [3.8, 4) is 0 Å². The van der Waals surface area contributed by atoms with Crippen LogP contribution in [0.15, 0.2) is 48.5 Å². The van der Waals surface area contributed by atoms with Gasteiger partial charge in [-0.2, -0.15) is 0 Å². The van der Waals surface area contributed by atoms with Gasteiger partial charge in [-0.25, -0.2) is 0 Å². The van der Waals surface area contributed by atoms with E-state index in [4.69, 9.17) is 0 Å². The van der Waals surface area contributed by atoms with E-state index in [0.29, 0.717) is 17.0 Å². The minimum Gasteiger partial charge on any atom is -0.350 e. The summed E-state index contributed by atoms with van der Waals surface area (Å²) in [6.45, 7) is 8.05. The summed E-state index contributed by atoms with van der Waals surface area (Å²) in [7, 11) is 0.